The Labute approximate surface area is 331 Å². The number of aromatic nitrogens is 3. The van der Waals surface area contributed by atoms with Crippen LogP contribution in [0.5, 0.6) is 5.75 Å². The largest absolute Gasteiger partial charge is 0.412 e. The van der Waals surface area contributed by atoms with E-state index >= 15 is 0 Å². The van der Waals surface area contributed by atoms with Crippen molar-refractivity contribution >= 4 is 64.2 Å². The Kier molecular flexibility index (Phi) is 11.3. The monoisotopic (exact) mass is 797 g/mol. The van der Waals surface area contributed by atoms with Gasteiger partial charge in [0, 0.05) is 46.8 Å². The van der Waals surface area contributed by atoms with E-state index in [1.165, 1.54) is 23.1 Å². The number of ether oxygens (including phenoxy) is 1. The fraction of sp³-hybridized carbons (Fsp3) is 0.375. The van der Waals surface area contributed by atoms with Crippen LogP contribution in [0.25, 0.3) is 5.00 Å². The number of hydrogen-bond acceptors (Lipinski definition) is 11. The number of carbonyl (C=O) groups is 6. The second-order valence-corrected chi connectivity index (χ2v) is 15.7. The molecule has 2 aromatic heterocycles. The van der Waals surface area contributed by atoms with E-state index in [1.54, 1.807) is 11.3 Å². The predicted molar refractivity (Wildman–Crippen MR) is 208 cm³/mol. The van der Waals surface area contributed by atoms with E-state index in [0.29, 0.717) is 36.7 Å². The Morgan fingerprint density at radius 1 is 0.946 bits per heavy atom. The molecule has 5 amide bonds. The second-order valence-electron chi connectivity index (χ2n) is 14.1. The van der Waals surface area contributed by atoms with Gasteiger partial charge in [0.15, 0.2) is 5.82 Å². The molecule has 1 fully saturated rings. The van der Waals surface area contributed by atoms with E-state index in [2.05, 4.69) is 34.7 Å². The molecule has 1 unspecified atom stereocenters. The highest BCUT2D eigenvalue weighted by molar-refractivity contribution is 7.15. The van der Waals surface area contributed by atoms with E-state index in [-0.39, 0.29) is 41.9 Å². The van der Waals surface area contributed by atoms with Gasteiger partial charge in [-0.3, -0.25) is 43.7 Å². The standard InChI is InChI=1S/C40H40ClN7O7S/c1-21-22(2)56-39-32(21)34(24-13-15-25(41)16-14-24)43-28(35-46-45-23(3)47(35)39)20-26(49)10-7-5-4-6-8-19-42-40(54)55-30-12-9-11-27-33(30)38(53)48(37(27)52)29-17-18-31(50)44-36(29)51/h9,11-16,28-29H,4-8,10,17-20H2,1-3H3,(H,42,54)(H,44,50,51)/t28-,29?/m0/s1. The number of ketones is 1. The molecule has 2 N–H and O–H groups in total. The van der Waals surface area contributed by atoms with E-state index in [4.69, 9.17) is 21.3 Å². The molecular formula is C40H40ClN7O7S. The van der Waals surface area contributed by atoms with Crippen LogP contribution in [0.3, 0.4) is 0 Å². The summed E-state index contributed by atoms with van der Waals surface area (Å²) in [5, 5.41) is 15.3. The summed E-state index contributed by atoms with van der Waals surface area (Å²) in [4.78, 5) is 83.4. The zero-order valence-electron chi connectivity index (χ0n) is 31.1. The Morgan fingerprint density at radius 3 is 2.46 bits per heavy atom. The summed E-state index contributed by atoms with van der Waals surface area (Å²) in [6.45, 7) is 6.41. The number of nitrogens with one attached hydrogen (secondary N) is 2. The lowest BCUT2D eigenvalue weighted by molar-refractivity contribution is -0.136. The van der Waals surface area contributed by atoms with Gasteiger partial charge in [0.05, 0.1) is 16.8 Å². The quantitative estimate of drug-likeness (QED) is 0.116. The molecule has 1 saturated heterocycles. The molecule has 290 valence electrons. The molecule has 3 aliphatic heterocycles. The SMILES string of the molecule is Cc1sc2c(c1C)C(c1ccc(Cl)cc1)=N[C@@H](CC(=O)CCCCCCCNC(=O)Oc1cccc3c1C(=O)N(C1CCC(=O)NC1=O)C3=O)c1nnc(C)n1-2. The van der Waals surface area contributed by atoms with Gasteiger partial charge in [-0.15, -0.1) is 21.5 Å². The number of Topliss-reactive ketones (excluding diaryl/α,β-unsaturated/α-hetero) is 1. The molecule has 0 spiro atoms. The van der Waals surface area contributed by atoms with Crippen LogP contribution in [0, 0.1) is 20.8 Å². The molecule has 0 saturated carbocycles. The lowest BCUT2D eigenvalue weighted by Crippen LogP contribution is -2.54. The van der Waals surface area contributed by atoms with Crippen molar-refractivity contribution in [3.05, 3.63) is 91.8 Å². The first-order valence-electron chi connectivity index (χ1n) is 18.6. The summed E-state index contributed by atoms with van der Waals surface area (Å²) in [5.74, 6) is -1.24. The minimum absolute atomic E-state index is 0.00111. The van der Waals surface area contributed by atoms with E-state index in [0.717, 1.165) is 57.4 Å². The molecule has 56 heavy (non-hydrogen) atoms. The normalized spacial score (nSPS) is 17.5. The smallest absolute Gasteiger partial charge is 0.409 e. The first kappa shape index (κ1) is 38.7. The minimum atomic E-state index is -1.12. The molecule has 7 rings (SSSR count). The predicted octanol–water partition coefficient (Wildman–Crippen LogP) is 6.29. The Morgan fingerprint density at radius 2 is 1.70 bits per heavy atom. The number of rotatable bonds is 13. The Balaban J connectivity index is 0.878. The average molecular weight is 798 g/mol. The number of carbonyl (C=O) groups excluding carboxylic acids is 6. The summed E-state index contributed by atoms with van der Waals surface area (Å²) in [5.41, 5.74) is 3.80. The van der Waals surface area contributed by atoms with Crippen LogP contribution in [0.15, 0.2) is 47.5 Å². The van der Waals surface area contributed by atoms with Gasteiger partial charge in [0.2, 0.25) is 11.8 Å². The number of halogens is 1. The van der Waals surface area contributed by atoms with Crippen molar-refractivity contribution in [3.8, 4) is 10.8 Å². The molecule has 5 heterocycles. The minimum Gasteiger partial charge on any atom is -0.409 e. The highest BCUT2D eigenvalue weighted by Gasteiger charge is 2.46. The zero-order valence-corrected chi connectivity index (χ0v) is 32.7. The molecule has 3 aliphatic rings. The topological polar surface area (TPSA) is 182 Å². The van der Waals surface area contributed by atoms with Gasteiger partial charge < -0.3 is 10.1 Å². The highest BCUT2D eigenvalue weighted by atomic mass is 35.5. The van der Waals surface area contributed by atoms with Crippen molar-refractivity contribution in [2.45, 2.75) is 90.6 Å². The number of hydrogen-bond donors (Lipinski definition) is 2. The maximum absolute atomic E-state index is 13.4. The fourth-order valence-electron chi connectivity index (χ4n) is 7.32. The van der Waals surface area contributed by atoms with Gasteiger partial charge in [-0.05, 0) is 69.9 Å². The third-order valence-electron chi connectivity index (χ3n) is 10.3. The zero-order chi connectivity index (χ0) is 39.7. The summed E-state index contributed by atoms with van der Waals surface area (Å²) >= 11 is 7.89. The average Bonchev–Trinajstić information content (AvgIpc) is 3.74. The van der Waals surface area contributed by atoms with Gasteiger partial charge >= 0.3 is 6.09 Å². The van der Waals surface area contributed by atoms with Gasteiger partial charge in [-0.25, -0.2) is 4.79 Å². The molecule has 14 nitrogen and oxygen atoms in total. The molecule has 0 aliphatic carbocycles. The Bertz CT molecular complexity index is 2300. The molecule has 0 bridgehead atoms. The number of fused-ring (bicyclic) bond motifs is 4. The number of aryl methyl sites for hydroxylation is 2. The van der Waals surface area contributed by atoms with Crippen molar-refractivity contribution in [3.63, 3.8) is 0 Å². The number of piperidine rings is 1. The fourth-order valence-corrected chi connectivity index (χ4v) is 8.66. The van der Waals surface area contributed by atoms with Crippen LogP contribution in [-0.4, -0.2) is 73.5 Å². The lowest BCUT2D eigenvalue weighted by Gasteiger charge is -2.27. The van der Waals surface area contributed by atoms with Crippen molar-refractivity contribution in [2.75, 3.05) is 6.54 Å². The third-order valence-corrected chi connectivity index (χ3v) is 11.8. The van der Waals surface area contributed by atoms with Crippen molar-refractivity contribution in [1.82, 2.24) is 30.3 Å². The number of imide groups is 2. The molecule has 4 aromatic rings. The highest BCUT2D eigenvalue weighted by Crippen LogP contribution is 2.40. The van der Waals surface area contributed by atoms with Crippen LogP contribution in [0.2, 0.25) is 5.02 Å². The van der Waals surface area contributed by atoms with Gasteiger partial charge in [-0.2, -0.15) is 0 Å². The van der Waals surface area contributed by atoms with E-state index in [1.807, 2.05) is 35.8 Å². The molecule has 16 heteroatoms. The van der Waals surface area contributed by atoms with E-state index in [9.17, 15) is 28.8 Å². The first-order valence-corrected chi connectivity index (χ1v) is 19.8. The lowest BCUT2D eigenvalue weighted by atomic mass is 9.99. The van der Waals surface area contributed by atoms with Crippen LogP contribution >= 0.6 is 22.9 Å². The Hall–Kier alpha value is -5.54. The molecule has 2 aromatic carbocycles. The molecular weight excluding hydrogens is 758 g/mol. The van der Waals surface area contributed by atoms with Crippen LogP contribution in [-0.2, 0) is 14.4 Å². The number of thiophene rings is 1. The summed E-state index contributed by atoms with van der Waals surface area (Å²) < 4.78 is 7.46. The summed E-state index contributed by atoms with van der Waals surface area (Å²) in [6, 6.07) is 10.3. The number of aliphatic imine (C=N–C) groups is 1. The van der Waals surface area contributed by atoms with Crippen LogP contribution < -0.4 is 15.4 Å². The van der Waals surface area contributed by atoms with Gasteiger partial charge in [0.1, 0.15) is 34.4 Å². The maximum atomic E-state index is 13.4. The van der Waals surface area contributed by atoms with Crippen molar-refractivity contribution in [2.24, 2.45) is 4.99 Å². The molecule has 0 radical (unpaired) electrons. The maximum Gasteiger partial charge on any atom is 0.412 e. The van der Waals surface area contributed by atoms with Gasteiger partial charge in [-0.1, -0.05) is 49.1 Å². The summed E-state index contributed by atoms with van der Waals surface area (Å²) in [7, 11) is 0. The van der Waals surface area contributed by atoms with Crippen LogP contribution in [0.4, 0.5) is 4.79 Å². The second kappa shape index (κ2) is 16.3. The number of benzene rings is 2. The molecule has 2 atom stereocenters. The van der Waals surface area contributed by atoms with Crippen LogP contribution in [0.1, 0.15) is 118 Å². The third kappa shape index (κ3) is 7.65. The summed E-state index contributed by atoms with van der Waals surface area (Å²) in [6.07, 6.45) is 3.73. The van der Waals surface area contributed by atoms with Crippen molar-refractivity contribution in [1.29, 1.82) is 0 Å². The number of amides is 5. The first-order chi connectivity index (χ1) is 26.9. The number of nitrogens with zero attached hydrogens (tertiary/aromatic N) is 5. The number of unbranched alkanes of at least 4 members (excludes halogenated alkanes) is 4. The van der Waals surface area contributed by atoms with E-state index < -0.39 is 41.8 Å². The van der Waals surface area contributed by atoms with Crippen molar-refractivity contribution < 1.29 is 33.5 Å². The van der Waals surface area contributed by atoms with Gasteiger partial charge in [0.25, 0.3) is 11.8 Å².